The van der Waals surface area contributed by atoms with Gasteiger partial charge in [0.15, 0.2) is 0 Å². The number of hydrogen-bond donors (Lipinski definition) is 3. The monoisotopic (exact) mass is 343 g/mol. The van der Waals surface area contributed by atoms with Crippen LogP contribution in [0.25, 0.3) is 10.8 Å². The minimum absolute atomic E-state index is 0. The SMILES string of the molecule is Cl.Oc1ccc(C(O)CNCCc2cccc3ccccc23)cc1. The molecule has 3 rings (SSSR count). The summed E-state index contributed by atoms with van der Waals surface area (Å²) >= 11 is 0. The number of phenols is 1. The highest BCUT2D eigenvalue weighted by atomic mass is 35.5. The zero-order chi connectivity index (χ0) is 16.1. The van der Waals surface area contributed by atoms with Crippen LogP contribution in [-0.4, -0.2) is 23.3 Å². The van der Waals surface area contributed by atoms with E-state index in [-0.39, 0.29) is 18.2 Å². The van der Waals surface area contributed by atoms with Crippen molar-refractivity contribution in [3.8, 4) is 5.75 Å². The number of halogens is 1. The molecule has 24 heavy (non-hydrogen) atoms. The van der Waals surface area contributed by atoms with E-state index >= 15 is 0 Å². The number of phenolic OH excluding ortho intramolecular Hbond substituents is 1. The summed E-state index contributed by atoms with van der Waals surface area (Å²) in [5.74, 6) is 0.213. The van der Waals surface area contributed by atoms with Gasteiger partial charge < -0.3 is 15.5 Å². The molecule has 0 radical (unpaired) electrons. The molecule has 0 saturated heterocycles. The Morgan fingerprint density at radius 1 is 0.875 bits per heavy atom. The Labute approximate surface area is 148 Å². The lowest BCUT2D eigenvalue weighted by molar-refractivity contribution is 0.175. The molecule has 0 bridgehead atoms. The predicted octanol–water partition coefficient (Wildman–Crippen LogP) is 3.83. The number of hydrogen-bond acceptors (Lipinski definition) is 3. The fourth-order valence-corrected chi connectivity index (χ4v) is 2.79. The van der Waals surface area contributed by atoms with Crippen molar-refractivity contribution in [2.24, 2.45) is 0 Å². The molecule has 1 unspecified atom stereocenters. The molecule has 3 aromatic carbocycles. The van der Waals surface area contributed by atoms with Crippen molar-refractivity contribution in [3.63, 3.8) is 0 Å². The Morgan fingerprint density at radius 3 is 2.38 bits per heavy atom. The van der Waals surface area contributed by atoms with Gasteiger partial charge in [0.1, 0.15) is 5.75 Å². The Kier molecular flexibility index (Phi) is 6.62. The summed E-state index contributed by atoms with van der Waals surface area (Å²) in [7, 11) is 0. The summed E-state index contributed by atoms with van der Waals surface area (Å²) < 4.78 is 0. The molecule has 0 fully saturated rings. The van der Waals surface area contributed by atoms with Gasteiger partial charge in [-0.2, -0.15) is 0 Å². The first-order valence-corrected chi connectivity index (χ1v) is 7.88. The molecule has 0 aliphatic heterocycles. The predicted molar refractivity (Wildman–Crippen MR) is 101 cm³/mol. The standard InChI is InChI=1S/C20H21NO2.ClH/c22-18-10-8-17(9-11-18)20(23)14-21-13-12-16-6-3-5-15-4-1-2-7-19(15)16;/h1-11,20-23H,12-14H2;1H. The van der Waals surface area contributed by atoms with E-state index in [2.05, 4.69) is 47.8 Å². The fourth-order valence-electron chi connectivity index (χ4n) is 2.79. The summed E-state index contributed by atoms with van der Waals surface area (Å²) in [5.41, 5.74) is 2.12. The molecule has 0 aliphatic carbocycles. The summed E-state index contributed by atoms with van der Waals surface area (Å²) in [5, 5.41) is 25.2. The zero-order valence-corrected chi connectivity index (χ0v) is 14.2. The van der Waals surface area contributed by atoms with E-state index in [0.29, 0.717) is 6.54 Å². The van der Waals surface area contributed by atoms with Crippen LogP contribution in [0.1, 0.15) is 17.2 Å². The number of aliphatic hydroxyl groups is 1. The molecule has 1 atom stereocenters. The van der Waals surface area contributed by atoms with E-state index in [1.54, 1.807) is 24.3 Å². The van der Waals surface area contributed by atoms with Crippen LogP contribution in [0.4, 0.5) is 0 Å². The van der Waals surface area contributed by atoms with Gasteiger partial charge in [0.25, 0.3) is 0 Å². The molecule has 0 aliphatic rings. The molecule has 0 amide bonds. The first-order valence-electron chi connectivity index (χ1n) is 7.88. The van der Waals surface area contributed by atoms with Crippen molar-refractivity contribution in [2.45, 2.75) is 12.5 Å². The van der Waals surface area contributed by atoms with Crippen LogP contribution in [-0.2, 0) is 6.42 Å². The van der Waals surface area contributed by atoms with Gasteiger partial charge in [-0.3, -0.25) is 0 Å². The molecule has 4 heteroatoms. The molecule has 0 spiro atoms. The third-order valence-corrected chi connectivity index (χ3v) is 4.07. The molecular formula is C20H22ClNO2. The van der Waals surface area contributed by atoms with E-state index in [1.165, 1.54) is 16.3 Å². The maximum Gasteiger partial charge on any atom is 0.115 e. The summed E-state index contributed by atoms with van der Waals surface area (Å²) in [6.07, 6.45) is 0.354. The third-order valence-electron chi connectivity index (χ3n) is 4.07. The van der Waals surface area contributed by atoms with Gasteiger partial charge in [0.05, 0.1) is 6.10 Å². The molecule has 0 aromatic heterocycles. The lowest BCUT2D eigenvalue weighted by atomic mass is 10.0. The van der Waals surface area contributed by atoms with Crippen LogP contribution in [0.5, 0.6) is 5.75 Å². The van der Waals surface area contributed by atoms with Gasteiger partial charge >= 0.3 is 0 Å². The van der Waals surface area contributed by atoms with Crippen molar-refractivity contribution >= 4 is 23.2 Å². The van der Waals surface area contributed by atoms with Gasteiger partial charge in [0, 0.05) is 6.54 Å². The van der Waals surface area contributed by atoms with Gasteiger partial charge in [-0.25, -0.2) is 0 Å². The minimum Gasteiger partial charge on any atom is -0.508 e. The minimum atomic E-state index is -0.567. The van der Waals surface area contributed by atoms with E-state index in [4.69, 9.17) is 0 Å². The van der Waals surface area contributed by atoms with Crippen LogP contribution >= 0.6 is 12.4 Å². The van der Waals surface area contributed by atoms with Gasteiger partial charge in [-0.1, -0.05) is 54.6 Å². The van der Waals surface area contributed by atoms with Crippen molar-refractivity contribution in [3.05, 3.63) is 77.9 Å². The molecule has 3 N–H and O–H groups in total. The second kappa shape index (κ2) is 8.69. The van der Waals surface area contributed by atoms with E-state index in [0.717, 1.165) is 18.5 Å². The molecule has 0 saturated carbocycles. The lowest BCUT2D eigenvalue weighted by Crippen LogP contribution is -2.23. The Hall–Kier alpha value is -2.07. The van der Waals surface area contributed by atoms with Crippen LogP contribution in [0.2, 0.25) is 0 Å². The van der Waals surface area contributed by atoms with Crippen LogP contribution in [0, 0.1) is 0 Å². The highest BCUT2D eigenvalue weighted by molar-refractivity contribution is 5.86. The molecule has 3 aromatic rings. The second-order valence-electron chi connectivity index (χ2n) is 5.70. The van der Waals surface area contributed by atoms with Gasteiger partial charge in [-0.15, -0.1) is 12.4 Å². The number of fused-ring (bicyclic) bond motifs is 1. The Bertz CT molecular complexity index is 769. The van der Waals surface area contributed by atoms with Gasteiger partial charge in [-0.05, 0) is 47.0 Å². The number of aliphatic hydroxyl groups excluding tert-OH is 1. The van der Waals surface area contributed by atoms with Crippen molar-refractivity contribution in [1.29, 1.82) is 0 Å². The number of nitrogens with one attached hydrogen (secondary N) is 1. The average Bonchev–Trinajstić information content (AvgIpc) is 2.59. The fraction of sp³-hybridized carbons (Fsp3) is 0.200. The van der Waals surface area contributed by atoms with Crippen LogP contribution in [0.3, 0.4) is 0 Å². The first-order chi connectivity index (χ1) is 11.2. The number of aromatic hydroxyl groups is 1. The molecule has 126 valence electrons. The molecular weight excluding hydrogens is 322 g/mol. The van der Waals surface area contributed by atoms with Crippen molar-refractivity contribution < 1.29 is 10.2 Å². The third kappa shape index (κ3) is 4.48. The van der Waals surface area contributed by atoms with E-state index < -0.39 is 6.10 Å². The average molecular weight is 344 g/mol. The first kappa shape index (κ1) is 18.3. The second-order valence-corrected chi connectivity index (χ2v) is 5.70. The van der Waals surface area contributed by atoms with E-state index in [9.17, 15) is 10.2 Å². The topological polar surface area (TPSA) is 52.5 Å². The summed E-state index contributed by atoms with van der Waals surface area (Å²) in [6, 6.07) is 21.4. The van der Waals surface area contributed by atoms with Gasteiger partial charge in [0.2, 0.25) is 0 Å². The number of rotatable bonds is 6. The normalized spacial score (nSPS) is 11.9. The number of benzene rings is 3. The van der Waals surface area contributed by atoms with Crippen molar-refractivity contribution in [1.82, 2.24) is 5.32 Å². The Morgan fingerprint density at radius 2 is 1.58 bits per heavy atom. The van der Waals surface area contributed by atoms with Crippen molar-refractivity contribution in [2.75, 3.05) is 13.1 Å². The maximum atomic E-state index is 10.1. The summed E-state index contributed by atoms with van der Waals surface area (Å²) in [6.45, 7) is 1.30. The highest BCUT2D eigenvalue weighted by Crippen LogP contribution is 2.19. The quantitative estimate of drug-likeness (QED) is 0.596. The smallest absolute Gasteiger partial charge is 0.115 e. The van der Waals surface area contributed by atoms with Crippen LogP contribution in [0.15, 0.2) is 66.7 Å². The molecule has 3 nitrogen and oxygen atoms in total. The van der Waals surface area contributed by atoms with Crippen LogP contribution < -0.4 is 5.32 Å². The molecule has 0 heterocycles. The lowest BCUT2D eigenvalue weighted by Gasteiger charge is -2.13. The maximum absolute atomic E-state index is 10.1. The highest BCUT2D eigenvalue weighted by Gasteiger charge is 2.07. The summed E-state index contributed by atoms with van der Waals surface area (Å²) in [4.78, 5) is 0. The van der Waals surface area contributed by atoms with E-state index in [1.807, 2.05) is 0 Å². The largest absolute Gasteiger partial charge is 0.508 e. The Balaban J connectivity index is 0.00000208. The zero-order valence-electron chi connectivity index (χ0n) is 13.4.